The van der Waals surface area contributed by atoms with Gasteiger partial charge < -0.3 is 24.9 Å². The smallest absolute Gasteiger partial charge is 0.652 e. The summed E-state index contributed by atoms with van der Waals surface area (Å²) in [6, 6.07) is 8.06. The molecule has 0 N–H and O–H groups in total. The minimum atomic E-state index is -2.33. The molecule has 0 unspecified atom stereocenters. The van der Waals surface area contributed by atoms with Crippen LogP contribution in [0.5, 0.6) is 0 Å². The van der Waals surface area contributed by atoms with E-state index in [2.05, 4.69) is 0 Å². The SMILES string of the molecule is O=C([O-])[O-].O=C([O-])c1ccccc1.[Na+].[Na+].[Na+]. The number of hydrogen-bond donors (Lipinski definition) is 0. The molecule has 0 saturated carbocycles. The Hall–Kier alpha value is 0.960. The van der Waals surface area contributed by atoms with Crippen LogP contribution in [0.3, 0.4) is 0 Å². The Morgan fingerprint density at radius 3 is 1.31 bits per heavy atom. The zero-order chi connectivity index (χ0) is 10.3. The molecular weight excluding hydrogens is 245 g/mol. The quantitative estimate of drug-likeness (QED) is 0.460. The van der Waals surface area contributed by atoms with Crippen LogP contribution < -0.4 is 104 Å². The van der Waals surface area contributed by atoms with Gasteiger partial charge in [-0.1, -0.05) is 30.3 Å². The molecule has 5 nitrogen and oxygen atoms in total. The first-order valence-corrected chi connectivity index (χ1v) is 3.18. The predicted octanol–water partition coefficient (Wildman–Crippen LogP) is -11.4. The van der Waals surface area contributed by atoms with Crippen LogP contribution in [0, 0.1) is 0 Å². The fourth-order valence-corrected chi connectivity index (χ4v) is 0.574. The maximum Gasteiger partial charge on any atom is 1.00 e. The topological polar surface area (TPSA) is 103 Å². The summed E-state index contributed by atoms with van der Waals surface area (Å²) < 4.78 is 0. The van der Waals surface area contributed by atoms with Gasteiger partial charge in [-0.2, -0.15) is 0 Å². The van der Waals surface area contributed by atoms with E-state index >= 15 is 0 Å². The van der Waals surface area contributed by atoms with E-state index in [9.17, 15) is 9.90 Å². The van der Waals surface area contributed by atoms with E-state index in [1.54, 1.807) is 18.2 Å². The molecular formula is C8H5Na3O5. The van der Waals surface area contributed by atoms with Crippen molar-refractivity contribution in [2.45, 2.75) is 0 Å². The molecule has 0 amide bonds. The Labute approximate surface area is 159 Å². The maximum atomic E-state index is 10.1. The van der Waals surface area contributed by atoms with Crippen LogP contribution in [0.25, 0.3) is 0 Å². The number of rotatable bonds is 1. The van der Waals surface area contributed by atoms with E-state index in [1.165, 1.54) is 12.1 Å². The van der Waals surface area contributed by atoms with Gasteiger partial charge in [0.2, 0.25) is 0 Å². The molecule has 0 aliphatic carbocycles. The van der Waals surface area contributed by atoms with Crippen molar-refractivity contribution in [2.75, 3.05) is 0 Å². The van der Waals surface area contributed by atoms with Gasteiger partial charge in [0.15, 0.2) is 0 Å². The molecule has 0 saturated heterocycles. The Balaban J connectivity index is -0.0000000921. The molecule has 1 rings (SSSR count). The van der Waals surface area contributed by atoms with E-state index in [4.69, 9.17) is 15.0 Å². The summed E-state index contributed by atoms with van der Waals surface area (Å²) in [7, 11) is 0. The average Bonchev–Trinajstić information content (AvgIpc) is 2.05. The Morgan fingerprint density at radius 1 is 0.812 bits per heavy atom. The van der Waals surface area contributed by atoms with Crippen molar-refractivity contribution in [1.29, 1.82) is 0 Å². The van der Waals surface area contributed by atoms with Crippen molar-refractivity contribution in [3.63, 3.8) is 0 Å². The third-order valence-electron chi connectivity index (χ3n) is 1.01. The van der Waals surface area contributed by atoms with Crippen molar-refractivity contribution in [3.8, 4) is 0 Å². The van der Waals surface area contributed by atoms with Gasteiger partial charge in [-0.3, -0.25) is 0 Å². The summed E-state index contributed by atoms with van der Waals surface area (Å²) in [6.45, 7) is 0. The average molecular weight is 250 g/mol. The number of carbonyl (C=O) groups excluding carboxylic acids is 2. The number of carbonyl (C=O) groups is 2. The van der Waals surface area contributed by atoms with E-state index in [1.807, 2.05) is 0 Å². The van der Waals surface area contributed by atoms with Crippen LogP contribution in [0.15, 0.2) is 30.3 Å². The van der Waals surface area contributed by atoms with Crippen molar-refractivity contribution >= 4 is 12.1 Å². The summed E-state index contributed by atoms with van der Waals surface area (Å²) in [5.41, 5.74) is 0.220. The monoisotopic (exact) mass is 250 g/mol. The zero-order valence-electron chi connectivity index (χ0n) is 9.43. The van der Waals surface area contributed by atoms with E-state index < -0.39 is 12.1 Å². The third-order valence-corrected chi connectivity index (χ3v) is 1.01. The first kappa shape index (κ1) is 25.7. The van der Waals surface area contributed by atoms with Gasteiger partial charge >= 0.3 is 88.7 Å². The minimum absolute atomic E-state index is 0. The van der Waals surface area contributed by atoms with Crippen LogP contribution >= 0.6 is 0 Å². The van der Waals surface area contributed by atoms with Gasteiger partial charge in [0.05, 0.1) is 5.97 Å². The third kappa shape index (κ3) is 17.4. The number of aromatic carboxylic acids is 1. The van der Waals surface area contributed by atoms with Gasteiger partial charge in [0.1, 0.15) is 0 Å². The fourth-order valence-electron chi connectivity index (χ4n) is 0.574. The molecule has 0 heterocycles. The Morgan fingerprint density at radius 2 is 1.12 bits per heavy atom. The molecule has 1 aromatic rings. The second-order valence-corrected chi connectivity index (χ2v) is 1.90. The predicted molar refractivity (Wildman–Crippen MR) is 36.2 cm³/mol. The number of carboxylic acids is 1. The molecule has 0 radical (unpaired) electrons. The molecule has 70 valence electrons. The molecule has 0 bridgehead atoms. The van der Waals surface area contributed by atoms with Crippen LogP contribution in [-0.2, 0) is 0 Å². The maximum absolute atomic E-state index is 10.1. The van der Waals surface area contributed by atoms with E-state index in [-0.39, 0.29) is 94.2 Å². The normalized spacial score (nSPS) is 6.50. The molecule has 0 aliphatic rings. The second-order valence-electron chi connectivity index (χ2n) is 1.90. The molecule has 0 atom stereocenters. The molecule has 0 aliphatic heterocycles. The number of benzene rings is 1. The van der Waals surface area contributed by atoms with Gasteiger partial charge in [0.25, 0.3) is 0 Å². The molecule has 16 heavy (non-hydrogen) atoms. The standard InChI is InChI=1S/C7H6O2.CH2O3.3Na/c8-7(9)6-4-2-1-3-5-6;2-1(3)4;;;/h1-5H,(H,8,9);(H2,2,3,4);;;/q;;3*+1/p-3. The summed E-state index contributed by atoms with van der Waals surface area (Å²) in [4.78, 5) is 18.4. The van der Waals surface area contributed by atoms with Crippen LogP contribution in [0.4, 0.5) is 4.79 Å². The van der Waals surface area contributed by atoms with Crippen LogP contribution in [-0.4, -0.2) is 12.1 Å². The first-order valence-electron chi connectivity index (χ1n) is 3.18. The van der Waals surface area contributed by atoms with Gasteiger partial charge in [0, 0.05) is 0 Å². The summed E-state index contributed by atoms with van der Waals surface area (Å²) in [6.07, 6.45) is -2.33. The Kier molecular flexibility index (Phi) is 25.7. The van der Waals surface area contributed by atoms with Crippen LogP contribution in [0.2, 0.25) is 0 Å². The summed E-state index contributed by atoms with van der Waals surface area (Å²) in [5, 5.41) is 26.8. The minimum Gasteiger partial charge on any atom is -0.652 e. The summed E-state index contributed by atoms with van der Waals surface area (Å²) >= 11 is 0. The van der Waals surface area contributed by atoms with Crippen LogP contribution in [0.1, 0.15) is 10.4 Å². The molecule has 0 aromatic heterocycles. The van der Waals surface area contributed by atoms with E-state index in [0.717, 1.165) is 0 Å². The van der Waals surface area contributed by atoms with Crippen molar-refractivity contribution in [2.24, 2.45) is 0 Å². The molecule has 1 aromatic carbocycles. The van der Waals surface area contributed by atoms with Crippen molar-refractivity contribution in [3.05, 3.63) is 35.9 Å². The van der Waals surface area contributed by atoms with Gasteiger partial charge in [-0.25, -0.2) is 0 Å². The Bertz CT molecular complexity index is 287. The van der Waals surface area contributed by atoms with Gasteiger partial charge in [-0.15, -0.1) is 0 Å². The summed E-state index contributed by atoms with van der Waals surface area (Å²) in [5.74, 6) is -1.13. The fraction of sp³-hybridized carbons (Fsp3) is 0. The zero-order valence-corrected chi connectivity index (χ0v) is 15.4. The molecule has 8 heteroatoms. The van der Waals surface area contributed by atoms with Crippen molar-refractivity contribution < 1.29 is 114 Å². The molecule has 0 fully saturated rings. The van der Waals surface area contributed by atoms with E-state index in [0.29, 0.717) is 0 Å². The number of hydrogen-bond acceptors (Lipinski definition) is 5. The molecule has 0 spiro atoms. The first-order chi connectivity index (χ1) is 6.04. The largest absolute Gasteiger partial charge is 1.00 e. The number of carboxylic acid groups (broad SMARTS) is 3. The second kappa shape index (κ2) is 16.0. The van der Waals surface area contributed by atoms with Gasteiger partial charge in [-0.05, 0) is 11.7 Å². The van der Waals surface area contributed by atoms with Crippen molar-refractivity contribution in [1.82, 2.24) is 0 Å².